The maximum atomic E-state index is 9.95. The molecule has 3 nitrogen and oxygen atoms in total. The average Bonchev–Trinajstić information content (AvgIpc) is 2.43. The van der Waals surface area contributed by atoms with Crippen molar-refractivity contribution in [2.24, 2.45) is 0 Å². The van der Waals surface area contributed by atoms with E-state index in [1.807, 2.05) is 37.7 Å². The van der Waals surface area contributed by atoms with Gasteiger partial charge in [-0.05, 0) is 43.7 Å². The van der Waals surface area contributed by atoms with Crippen LogP contribution in [0.15, 0.2) is 18.2 Å². The van der Waals surface area contributed by atoms with Gasteiger partial charge in [-0.25, -0.2) is 0 Å². The minimum Gasteiger partial charge on any atom is -0.491 e. The van der Waals surface area contributed by atoms with E-state index in [2.05, 4.69) is 25.2 Å². The van der Waals surface area contributed by atoms with Crippen molar-refractivity contribution < 1.29 is 9.84 Å². The quantitative estimate of drug-likeness (QED) is 0.735. The second kappa shape index (κ2) is 9.27. The molecule has 1 aromatic carbocycles. The molecule has 0 saturated carbocycles. The van der Waals surface area contributed by atoms with Crippen LogP contribution in [0.4, 0.5) is 0 Å². The first-order valence-corrected chi connectivity index (χ1v) is 8.37. The first-order valence-electron chi connectivity index (χ1n) is 7.22. The van der Waals surface area contributed by atoms with E-state index in [0.29, 0.717) is 19.2 Å². The fourth-order valence-corrected chi connectivity index (χ4v) is 2.51. The molecule has 0 spiro atoms. The van der Waals surface area contributed by atoms with Crippen molar-refractivity contribution in [1.82, 2.24) is 5.32 Å². The summed E-state index contributed by atoms with van der Waals surface area (Å²) in [5.41, 5.74) is 2.27. The lowest BCUT2D eigenvalue weighted by Gasteiger charge is -2.18. The summed E-state index contributed by atoms with van der Waals surface area (Å²) < 4.78 is 5.70. The van der Waals surface area contributed by atoms with Gasteiger partial charge in [-0.15, -0.1) is 0 Å². The van der Waals surface area contributed by atoms with Crippen LogP contribution in [-0.2, 0) is 0 Å². The number of aliphatic hydroxyl groups excluding tert-OH is 1. The van der Waals surface area contributed by atoms with Crippen molar-refractivity contribution in [2.45, 2.75) is 39.8 Å². The van der Waals surface area contributed by atoms with Gasteiger partial charge in [-0.2, -0.15) is 11.8 Å². The number of hydrogen-bond donors (Lipinski definition) is 2. The highest BCUT2D eigenvalue weighted by Crippen LogP contribution is 2.19. The van der Waals surface area contributed by atoms with Crippen LogP contribution in [0.5, 0.6) is 5.75 Å². The van der Waals surface area contributed by atoms with Gasteiger partial charge in [0.1, 0.15) is 18.5 Å². The van der Waals surface area contributed by atoms with Crippen LogP contribution in [0.25, 0.3) is 0 Å². The Morgan fingerprint density at radius 1 is 1.35 bits per heavy atom. The van der Waals surface area contributed by atoms with E-state index < -0.39 is 6.10 Å². The van der Waals surface area contributed by atoms with Crippen LogP contribution < -0.4 is 10.1 Å². The van der Waals surface area contributed by atoms with E-state index >= 15 is 0 Å². The molecule has 1 rings (SSSR count). The summed E-state index contributed by atoms with van der Waals surface area (Å²) in [6.07, 6.45) is -0.482. The second-order valence-corrected chi connectivity index (χ2v) is 6.52. The first-order chi connectivity index (χ1) is 9.52. The van der Waals surface area contributed by atoms with E-state index in [9.17, 15) is 5.11 Å². The number of ether oxygens (including phenoxy) is 1. The lowest BCUT2D eigenvalue weighted by Crippen LogP contribution is -2.37. The molecule has 0 saturated heterocycles. The van der Waals surface area contributed by atoms with E-state index in [-0.39, 0.29) is 0 Å². The summed E-state index contributed by atoms with van der Waals surface area (Å²) in [5, 5.41) is 13.3. The van der Waals surface area contributed by atoms with Crippen molar-refractivity contribution in [3.63, 3.8) is 0 Å². The summed E-state index contributed by atoms with van der Waals surface area (Å²) in [4.78, 5) is 0. The van der Waals surface area contributed by atoms with Crippen molar-refractivity contribution in [3.05, 3.63) is 29.3 Å². The summed E-state index contributed by atoms with van der Waals surface area (Å²) >= 11 is 1.91. The van der Waals surface area contributed by atoms with Crippen LogP contribution in [0, 0.1) is 13.8 Å². The van der Waals surface area contributed by atoms with Gasteiger partial charge < -0.3 is 15.2 Å². The highest BCUT2D eigenvalue weighted by Gasteiger charge is 2.09. The van der Waals surface area contributed by atoms with Crippen LogP contribution in [0.2, 0.25) is 0 Å². The Kier molecular flexibility index (Phi) is 8.04. The van der Waals surface area contributed by atoms with E-state index in [1.54, 1.807) is 0 Å². The average molecular weight is 297 g/mol. The highest BCUT2D eigenvalue weighted by molar-refractivity contribution is 7.99. The zero-order chi connectivity index (χ0) is 15.0. The van der Waals surface area contributed by atoms with Gasteiger partial charge >= 0.3 is 0 Å². The van der Waals surface area contributed by atoms with Gasteiger partial charge in [0.25, 0.3) is 0 Å². The lowest BCUT2D eigenvalue weighted by atomic mass is 10.1. The summed E-state index contributed by atoms with van der Waals surface area (Å²) in [6, 6.07) is 6.53. The van der Waals surface area contributed by atoms with Gasteiger partial charge in [-0.3, -0.25) is 0 Å². The Hall–Kier alpha value is -0.710. The fourth-order valence-electron chi connectivity index (χ4n) is 1.80. The number of aryl methyl sites for hydroxylation is 2. The summed E-state index contributed by atoms with van der Waals surface area (Å²) in [6.45, 7) is 9.24. The third-order valence-corrected chi connectivity index (χ3v) is 4.19. The van der Waals surface area contributed by atoms with Gasteiger partial charge in [0.2, 0.25) is 0 Å². The highest BCUT2D eigenvalue weighted by atomic mass is 32.2. The molecule has 0 aromatic heterocycles. The normalized spacial score (nSPS) is 14.1. The number of nitrogens with one attached hydrogen (secondary N) is 1. The zero-order valence-electron chi connectivity index (χ0n) is 13.0. The fraction of sp³-hybridized carbons (Fsp3) is 0.625. The molecule has 20 heavy (non-hydrogen) atoms. The molecule has 2 N–H and O–H groups in total. The number of benzene rings is 1. The largest absolute Gasteiger partial charge is 0.491 e. The maximum Gasteiger partial charge on any atom is 0.122 e. The monoisotopic (exact) mass is 297 g/mol. The second-order valence-electron chi connectivity index (χ2n) is 5.20. The predicted octanol–water partition coefficient (Wildman–Crippen LogP) is 2.77. The van der Waals surface area contributed by atoms with Crippen molar-refractivity contribution >= 4 is 11.8 Å². The summed E-state index contributed by atoms with van der Waals surface area (Å²) in [5.74, 6) is 3.06. The van der Waals surface area contributed by atoms with Crippen LogP contribution in [-0.4, -0.2) is 41.9 Å². The Bertz CT molecular complexity index is 398. The standard InChI is InChI=1S/C16H27NO2S/c1-5-20-11-14(4)17-9-15(18)10-19-16-8-12(2)6-7-13(16)3/h6-8,14-15,17-18H,5,9-11H2,1-4H3. The Morgan fingerprint density at radius 2 is 2.10 bits per heavy atom. The first kappa shape index (κ1) is 17.3. The van der Waals surface area contributed by atoms with Crippen molar-refractivity contribution in [3.8, 4) is 5.75 Å². The lowest BCUT2D eigenvalue weighted by molar-refractivity contribution is 0.104. The smallest absolute Gasteiger partial charge is 0.122 e. The van der Waals surface area contributed by atoms with E-state index in [1.165, 1.54) is 5.56 Å². The molecule has 0 aliphatic rings. The molecule has 2 unspecified atom stereocenters. The summed E-state index contributed by atoms with van der Waals surface area (Å²) in [7, 11) is 0. The molecule has 114 valence electrons. The predicted molar refractivity (Wildman–Crippen MR) is 87.9 cm³/mol. The molecule has 2 atom stereocenters. The van der Waals surface area contributed by atoms with Gasteiger partial charge in [0.15, 0.2) is 0 Å². The van der Waals surface area contributed by atoms with Crippen LogP contribution >= 0.6 is 11.8 Å². The number of hydrogen-bond acceptors (Lipinski definition) is 4. The van der Waals surface area contributed by atoms with Crippen molar-refractivity contribution in [2.75, 3.05) is 24.7 Å². The van der Waals surface area contributed by atoms with Crippen LogP contribution in [0.1, 0.15) is 25.0 Å². The van der Waals surface area contributed by atoms with Gasteiger partial charge in [-0.1, -0.05) is 19.1 Å². The SMILES string of the molecule is CCSCC(C)NCC(O)COc1cc(C)ccc1C. The molecule has 4 heteroatoms. The number of thioether (sulfide) groups is 1. The minimum atomic E-state index is -0.482. The van der Waals surface area contributed by atoms with Crippen LogP contribution in [0.3, 0.4) is 0 Å². The van der Waals surface area contributed by atoms with Gasteiger partial charge in [0, 0.05) is 18.3 Å². The van der Waals surface area contributed by atoms with E-state index in [0.717, 1.165) is 22.8 Å². The van der Waals surface area contributed by atoms with E-state index in [4.69, 9.17) is 4.74 Å². The number of aliphatic hydroxyl groups is 1. The molecule has 0 radical (unpaired) electrons. The third-order valence-electron chi connectivity index (χ3n) is 3.05. The molecule has 0 aliphatic carbocycles. The molecule has 0 amide bonds. The maximum absolute atomic E-state index is 9.95. The molecular formula is C16H27NO2S. The Labute approximate surface area is 127 Å². The Balaban J connectivity index is 2.29. The minimum absolute atomic E-state index is 0.324. The van der Waals surface area contributed by atoms with Crippen molar-refractivity contribution in [1.29, 1.82) is 0 Å². The molecule has 0 aliphatic heterocycles. The molecule has 0 bridgehead atoms. The topological polar surface area (TPSA) is 41.5 Å². The zero-order valence-corrected chi connectivity index (χ0v) is 13.8. The van der Waals surface area contributed by atoms with Gasteiger partial charge in [0.05, 0.1) is 0 Å². The third kappa shape index (κ3) is 6.64. The molecule has 1 aromatic rings. The number of rotatable bonds is 9. The molecular weight excluding hydrogens is 270 g/mol. The molecule has 0 fully saturated rings. The molecule has 0 heterocycles. The Morgan fingerprint density at radius 3 is 2.80 bits per heavy atom.